The molecule has 4 heterocycles. The monoisotopic (exact) mass is 1510 g/mol. The number of fused-ring (bicyclic) bond motifs is 18. The first kappa shape index (κ1) is 69.8. The molecule has 0 aromatic heterocycles. The quantitative estimate of drug-likeness (QED) is 0.141. The van der Waals surface area contributed by atoms with Crippen LogP contribution in [0.5, 0.6) is 11.5 Å². The first-order chi connectivity index (χ1) is 56.4. The van der Waals surface area contributed by atoms with Crippen LogP contribution in [-0.2, 0) is 21.7 Å². The van der Waals surface area contributed by atoms with Gasteiger partial charge >= 0.3 is 0 Å². The minimum absolute atomic E-state index is 0.168. The minimum Gasteiger partial charge on any atom is -0.458 e. The van der Waals surface area contributed by atoms with E-state index in [1.807, 2.05) is 0 Å². The lowest BCUT2D eigenvalue weighted by Gasteiger charge is -2.46. The van der Waals surface area contributed by atoms with Crippen molar-refractivity contribution < 1.29 is 4.74 Å². The van der Waals surface area contributed by atoms with E-state index in [0.717, 1.165) is 129 Å². The summed E-state index contributed by atoms with van der Waals surface area (Å²) in [4.78, 5) is 7.77. The summed E-state index contributed by atoms with van der Waals surface area (Å²) in [5.74, 6) is 1.63. The summed E-state index contributed by atoms with van der Waals surface area (Å²) in [6.45, 7) is 20.5. The van der Waals surface area contributed by atoms with E-state index in [0.29, 0.717) is 5.02 Å². The number of para-hydroxylation sites is 3. The largest absolute Gasteiger partial charge is 0.458 e. The predicted octanol–water partition coefficient (Wildman–Crippen LogP) is 25.4. The highest BCUT2D eigenvalue weighted by molar-refractivity contribution is 7.02. The van der Waals surface area contributed by atoms with E-state index in [-0.39, 0.29) is 29.7 Å². The summed E-state index contributed by atoms with van der Waals surface area (Å²) in [6, 6.07) is 131. The summed E-state index contributed by atoms with van der Waals surface area (Å²) in [7, 11) is 0. The predicted molar refractivity (Wildman–Crippen MR) is 491 cm³/mol. The number of hydrogen-bond donors (Lipinski definition) is 0. The number of anilines is 9. The molecule has 16 aromatic rings. The highest BCUT2D eigenvalue weighted by atomic mass is 35.5. The van der Waals surface area contributed by atoms with Crippen molar-refractivity contribution in [1.29, 1.82) is 0 Å². The van der Waals surface area contributed by atoms with Gasteiger partial charge in [0.15, 0.2) is 0 Å². The standard InChI is InChI=1S/C109H84B2ClN3O/c1-106(2,3)72-58-73(107(4,5)6)60-76(59-72)113-93-54-30-28-52-89(93)111-92-65-91-95(66-99(92)116-100-57-71(56-96(113)103(100)111)77-45-32-48-83-82-44-24-27-51-88(82)109(101(77)83)86-49-25-22-42-80(86)81-43-23-26-50-87(81)109)115(105-84(69-38-18-12-19-39-69)61-74(108(7,8)9)62-85(105)70-40-20-13-21-41-70)98-64-75(112)63-97-102(98)110(91)90-53-29-31-55-94(90)114(97)104-78(67-34-14-10-15-35-67)46-33-47-79(104)68-36-16-11-17-37-68/h10-66H,1-9H3. The van der Waals surface area contributed by atoms with Crippen LogP contribution in [0.3, 0.4) is 0 Å². The van der Waals surface area contributed by atoms with Crippen molar-refractivity contribution in [3.8, 4) is 89.4 Å². The summed E-state index contributed by atoms with van der Waals surface area (Å²) in [6.07, 6.45) is 0. The van der Waals surface area contributed by atoms with Gasteiger partial charge in [0, 0.05) is 73.2 Å². The Morgan fingerprint density at radius 3 is 1.16 bits per heavy atom. The van der Waals surface area contributed by atoms with Crippen molar-refractivity contribution in [2.45, 2.75) is 84.0 Å². The molecule has 116 heavy (non-hydrogen) atoms. The maximum atomic E-state index is 8.28. The molecule has 7 heteroatoms. The van der Waals surface area contributed by atoms with Gasteiger partial charge in [0.05, 0.1) is 16.8 Å². The molecule has 0 radical (unpaired) electrons. The SMILES string of the molecule is CC(C)(C)c1cc(N2c3ccccc3B3c4cc5c(cc4Oc4cc(-c6cccc7c6C6(c8ccccc8-c8ccccc86)c6ccccc6-7)cc2c43)N(c2c(-c3ccccc3)cc(C(C)(C)C)cc2-c2ccccc2)c2cc(Cl)cc3c2B5c2ccccc2N3c2c(-c3ccccc3)cccc2-c2ccccc2)cc(C(C)(C)C)c1. The maximum absolute atomic E-state index is 8.28. The molecule has 4 aliphatic heterocycles. The molecule has 0 saturated carbocycles. The van der Waals surface area contributed by atoms with Crippen LogP contribution >= 0.6 is 11.6 Å². The van der Waals surface area contributed by atoms with Crippen LogP contribution in [-0.4, -0.2) is 13.4 Å². The van der Waals surface area contributed by atoms with Crippen LogP contribution in [0.2, 0.25) is 5.02 Å². The Balaban J connectivity index is 0.859. The summed E-state index contributed by atoms with van der Waals surface area (Å²) in [5.41, 5.74) is 40.6. The van der Waals surface area contributed by atoms with Gasteiger partial charge in [0.2, 0.25) is 0 Å². The first-order valence-electron chi connectivity index (χ1n) is 41.0. The molecule has 0 bridgehead atoms. The summed E-state index contributed by atoms with van der Waals surface area (Å²) < 4.78 is 8.28. The van der Waals surface area contributed by atoms with Crippen LogP contribution in [0.25, 0.3) is 77.9 Å². The third kappa shape index (κ3) is 10.4. The van der Waals surface area contributed by atoms with Crippen molar-refractivity contribution in [2.24, 2.45) is 0 Å². The lowest BCUT2D eigenvalue weighted by Crippen LogP contribution is -2.64. The van der Waals surface area contributed by atoms with E-state index < -0.39 is 5.41 Å². The lowest BCUT2D eigenvalue weighted by molar-refractivity contribution is 0.488. The molecule has 6 aliphatic rings. The Morgan fingerprint density at radius 1 is 0.267 bits per heavy atom. The molecule has 0 fully saturated rings. The highest BCUT2D eigenvalue weighted by Gasteiger charge is 2.54. The number of nitrogens with zero attached hydrogens (tertiary/aromatic N) is 3. The second kappa shape index (κ2) is 25.8. The topological polar surface area (TPSA) is 19.0 Å². The molecule has 0 unspecified atom stereocenters. The number of hydrogen-bond acceptors (Lipinski definition) is 4. The van der Waals surface area contributed by atoms with E-state index in [1.165, 1.54) is 83.1 Å². The molecule has 0 amide bonds. The first-order valence-corrected chi connectivity index (χ1v) is 41.3. The van der Waals surface area contributed by atoms with Gasteiger partial charge in [0.25, 0.3) is 13.4 Å². The Bertz CT molecular complexity index is 6580. The van der Waals surface area contributed by atoms with Crippen LogP contribution in [0, 0.1) is 0 Å². The second-order valence-corrected chi connectivity index (χ2v) is 36.0. The third-order valence-corrected chi connectivity index (χ3v) is 26.0. The van der Waals surface area contributed by atoms with E-state index in [2.05, 4.69) is 423 Å². The number of halogens is 1. The van der Waals surface area contributed by atoms with E-state index in [4.69, 9.17) is 16.3 Å². The zero-order valence-corrected chi connectivity index (χ0v) is 67.4. The van der Waals surface area contributed by atoms with Crippen LogP contribution < -0.4 is 52.2 Å². The zero-order chi connectivity index (χ0) is 78.4. The van der Waals surface area contributed by atoms with Gasteiger partial charge in [-0.15, -0.1) is 0 Å². The Morgan fingerprint density at radius 2 is 0.655 bits per heavy atom. The van der Waals surface area contributed by atoms with Crippen molar-refractivity contribution in [3.05, 3.63) is 390 Å². The van der Waals surface area contributed by atoms with Gasteiger partial charge in [0.1, 0.15) is 11.5 Å². The Hall–Kier alpha value is -12.9. The van der Waals surface area contributed by atoms with Crippen LogP contribution in [0.15, 0.2) is 346 Å². The fourth-order valence-corrected chi connectivity index (χ4v) is 20.7. The molecule has 22 rings (SSSR count). The fourth-order valence-electron chi connectivity index (χ4n) is 20.5. The molecule has 4 nitrogen and oxygen atoms in total. The average Bonchev–Trinajstić information content (AvgIpc) is 1.44. The fraction of sp³-hybridized carbons (Fsp3) is 0.119. The Labute approximate surface area is 686 Å². The van der Waals surface area contributed by atoms with Crippen LogP contribution in [0.1, 0.15) is 101 Å². The van der Waals surface area contributed by atoms with E-state index >= 15 is 0 Å². The molecule has 2 aliphatic carbocycles. The van der Waals surface area contributed by atoms with Gasteiger partial charge in [-0.25, -0.2) is 0 Å². The molecular formula is C109H84B2ClN3O. The number of ether oxygens (including phenoxy) is 1. The molecule has 1 spiro atoms. The molecule has 0 saturated heterocycles. The highest BCUT2D eigenvalue weighted by Crippen LogP contribution is 2.65. The van der Waals surface area contributed by atoms with Crippen molar-refractivity contribution >= 4 is 109 Å². The maximum Gasteiger partial charge on any atom is 0.256 e. The van der Waals surface area contributed by atoms with Gasteiger partial charge < -0.3 is 19.4 Å². The molecule has 0 atom stereocenters. The van der Waals surface area contributed by atoms with Crippen LogP contribution in [0.4, 0.5) is 51.2 Å². The Kier molecular flexibility index (Phi) is 15.5. The third-order valence-electron chi connectivity index (χ3n) is 25.8. The smallest absolute Gasteiger partial charge is 0.256 e. The molecule has 554 valence electrons. The van der Waals surface area contributed by atoms with Crippen molar-refractivity contribution in [3.63, 3.8) is 0 Å². The van der Waals surface area contributed by atoms with E-state index in [1.54, 1.807) is 0 Å². The van der Waals surface area contributed by atoms with Gasteiger partial charge in [-0.2, -0.15) is 0 Å². The molecule has 16 aromatic carbocycles. The zero-order valence-electron chi connectivity index (χ0n) is 66.7. The van der Waals surface area contributed by atoms with Gasteiger partial charge in [-0.1, -0.05) is 353 Å². The normalized spacial score (nSPS) is 14.0. The lowest BCUT2D eigenvalue weighted by atomic mass is 9.30. The van der Waals surface area contributed by atoms with Crippen molar-refractivity contribution in [1.82, 2.24) is 0 Å². The minimum atomic E-state index is -0.623. The van der Waals surface area contributed by atoms with E-state index in [9.17, 15) is 0 Å². The average molecular weight is 1510 g/mol. The van der Waals surface area contributed by atoms with Crippen molar-refractivity contribution in [2.75, 3.05) is 14.7 Å². The second-order valence-electron chi connectivity index (χ2n) is 35.5. The molecule has 0 N–H and O–H groups in total. The van der Waals surface area contributed by atoms with Gasteiger partial charge in [-0.05, 0) is 204 Å². The number of rotatable bonds is 8. The summed E-state index contributed by atoms with van der Waals surface area (Å²) >= 11 is 8.13. The summed E-state index contributed by atoms with van der Waals surface area (Å²) in [5, 5.41) is 0.624. The number of benzene rings is 16. The van der Waals surface area contributed by atoms with Gasteiger partial charge in [-0.3, -0.25) is 0 Å². The molecular weight excluding hydrogens is 1420 g/mol.